The molecule has 94 valence electrons. The van der Waals surface area contributed by atoms with Crippen LogP contribution in [0.5, 0.6) is 0 Å². The molecule has 5 atom stereocenters. The highest BCUT2D eigenvalue weighted by atomic mass is 17.1. The molecule has 0 unspecified atom stereocenters. The summed E-state index contributed by atoms with van der Waals surface area (Å²) in [6, 6.07) is -1.11. The molecule has 0 radical (unpaired) electrons. The van der Waals surface area contributed by atoms with Crippen LogP contribution >= 0.6 is 0 Å². The zero-order valence-electron chi connectivity index (χ0n) is 8.61. The number of aliphatic hydroxyl groups is 3. The Balaban J connectivity index is 2.78. The summed E-state index contributed by atoms with van der Waals surface area (Å²) in [4.78, 5) is 14.8. The largest absolute Gasteiger partial charge is 0.394 e. The number of aliphatic hydroxyl groups excluding tert-OH is 3. The average molecular weight is 237 g/mol. The standard InChI is InChI=1S/C8H15NO7/c1-3(11)9-5-7(16-14)6(12)4(2-10)15-8(5)13/h4-8,10,12-14H,2H2,1H3,(H,9,11)/t4-,5-,6+,7-,8+/m1/s1. The zero-order chi connectivity index (χ0) is 12.3. The predicted molar refractivity (Wildman–Crippen MR) is 49.1 cm³/mol. The monoisotopic (exact) mass is 237 g/mol. The van der Waals surface area contributed by atoms with Crippen LogP contribution in [0.1, 0.15) is 6.92 Å². The van der Waals surface area contributed by atoms with E-state index < -0.39 is 43.2 Å². The van der Waals surface area contributed by atoms with Crippen molar-refractivity contribution in [3.05, 3.63) is 0 Å². The third-order valence-electron chi connectivity index (χ3n) is 2.36. The number of hydrogen-bond acceptors (Lipinski definition) is 7. The van der Waals surface area contributed by atoms with E-state index in [0.717, 1.165) is 0 Å². The van der Waals surface area contributed by atoms with Crippen molar-refractivity contribution in [2.24, 2.45) is 0 Å². The first kappa shape index (κ1) is 13.3. The first-order valence-electron chi connectivity index (χ1n) is 4.71. The summed E-state index contributed by atoms with van der Waals surface area (Å²) >= 11 is 0. The maximum absolute atomic E-state index is 10.8. The van der Waals surface area contributed by atoms with E-state index in [-0.39, 0.29) is 0 Å². The van der Waals surface area contributed by atoms with Crippen LogP contribution in [0.2, 0.25) is 0 Å². The molecule has 5 N–H and O–H groups in total. The van der Waals surface area contributed by atoms with Gasteiger partial charge in [-0.1, -0.05) is 0 Å². The molecule has 1 rings (SSSR count). The van der Waals surface area contributed by atoms with Gasteiger partial charge in [-0.3, -0.25) is 10.1 Å². The predicted octanol–water partition coefficient (Wildman–Crippen LogP) is -2.58. The highest BCUT2D eigenvalue weighted by molar-refractivity contribution is 5.73. The molecule has 1 aliphatic rings. The summed E-state index contributed by atoms with van der Waals surface area (Å²) in [5.74, 6) is -0.482. The molecule has 1 saturated heterocycles. The Morgan fingerprint density at radius 3 is 2.56 bits per heavy atom. The molecule has 0 aromatic carbocycles. The number of rotatable bonds is 3. The second-order valence-electron chi connectivity index (χ2n) is 3.53. The molecule has 0 aliphatic carbocycles. The van der Waals surface area contributed by atoms with Crippen LogP contribution in [-0.4, -0.2) is 63.7 Å². The van der Waals surface area contributed by atoms with Gasteiger partial charge in [-0.05, 0) is 0 Å². The maximum atomic E-state index is 10.8. The molecule has 0 aromatic rings. The van der Waals surface area contributed by atoms with E-state index in [4.69, 9.17) is 15.1 Å². The minimum Gasteiger partial charge on any atom is -0.394 e. The van der Waals surface area contributed by atoms with E-state index in [1.54, 1.807) is 0 Å². The van der Waals surface area contributed by atoms with E-state index in [0.29, 0.717) is 0 Å². The van der Waals surface area contributed by atoms with Crippen molar-refractivity contribution in [3.63, 3.8) is 0 Å². The molecule has 0 aromatic heterocycles. The van der Waals surface area contributed by atoms with E-state index in [9.17, 15) is 15.0 Å². The van der Waals surface area contributed by atoms with Gasteiger partial charge in [0, 0.05) is 6.92 Å². The van der Waals surface area contributed by atoms with E-state index in [1.165, 1.54) is 6.92 Å². The Morgan fingerprint density at radius 1 is 1.50 bits per heavy atom. The normalized spacial score (nSPS) is 39.4. The van der Waals surface area contributed by atoms with Gasteiger partial charge in [-0.25, -0.2) is 4.89 Å². The SMILES string of the molecule is CC(=O)N[C@@H]1[C@@H](OO)[C@@H](O)[C@@H](CO)O[C@@H]1O. The lowest BCUT2D eigenvalue weighted by molar-refractivity contribution is -0.351. The number of carbonyl (C=O) groups is 1. The minimum atomic E-state index is -1.48. The van der Waals surface area contributed by atoms with Crippen LogP contribution in [-0.2, 0) is 14.4 Å². The molecule has 8 heteroatoms. The molecular formula is C8H15NO7. The number of amides is 1. The van der Waals surface area contributed by atoms with Crippen molar-refractivity contribution in [1.29, 1.82) is 0 Å². The van der Waals surface area contributed by atoms with E-state index >= 15 is 0 Å². The first-order chi connectivity index (χ1) is 7.51. The fraction of sp³-hybridized carbons (Fsp3) is 0.875. The van der Waals surface area contributed by atoms with Crippen LogP contribution in [0.3, 0.4) is 0 Å². The van der Waals surface area contributed by atoms with Crippen LogP contribution in [0.15, 0.2) is 0 Å². The molecule has 16 heavy (non-hydrogen) atoms. The number of hydrogen-bond donors (Lipinski definition) is 5. The van der Waals surface area contributed by atoms with Crippen molar-refractivity contribution in [2.45, 2.75) is 37.6 Å². The third-order valence-corrected chi connectivity index (χ3v) is 2.36. The van der Waals surface area contributed by atoms with Crippen molar-refractivity contribution >= 4 is 5.91 Å². The smallest absolute Gasteiger partial charge is 0.217 e. The molecule has 1 amide bonds. The number of carbonyl (C=O) groups excluding carboxylic acids is 1. The van der Waals surface area contributed by atoms with Gasteiger partial charge in [0.25, 0.3) is 0 Å². The van der Waals surface area contributed by atoms with Gasteiger partial charge in [0.1, 0.15) is 24.4 Å². The fourth-order valence-corrected chi connectivity index (χ4v) is 1.60. The summed E-state index contributed by atoms with van der Waals surface area (Å²) in [5, 5.41) is 38.8. The second-order valence-corrected chi connectivity index (χ2v) is 3.53. The lowest BCUT2D eigenvalue weighted by atomic mass is 9.97. The highest BCUT2D eigenvalue weighted by Gasteiger charge is 2.46. The Morgan fingerprint density at radius 2 is 2.12 bits per heavy atom. The van der Waals surface area contributed by atoms with Crippen LogP contribution in [0, 0.1) is 0 Å². The topological polar surface area (TPSA) is 128 Å². The summed E-state index contributed by atoms with van der Waals surface area (Å²) in [7, 11) is 0. The quantitative estimate of drug-likeness (QED) is 0.269. The Labute approximate surface area is 91.3 Å². The molecule has 0 spiro atoms. The zero-order valence-corrected chi connectivity index (χ0v) is 8.61. The summed E-state index contributed by atoms with van der Waals surface area (Å²) in [5.41, 5.74) is 0. The fourth-order valence-electron chi connectivity index (χ4n) is 1.60. The van der Waals surface area contributed by atoms with Crippen LogP contribution in [0.25, 0.3) is 0 Å². The van der Waals surface area contributed by atoms with Crippen LogP contribution in [0.4, 0.5) is 0 Å². The van der Waals surface area contributed by atoms with Crippen molar-refractivity contribution in [1.82, 2.24) is 5.32 Å². The maximum Gasteiger partial charge on any atom is 0.217 e. The van der Waals surface area contributed by atoms with Gasteiger partial charge in [0.2, 0.25) is 5.91 Å². The molecule has 0 saturated carbocycles. The Hall–Kier alpha value is -0.770. The molecular weight excluding hydrogens is 222 g/mol. The first-order valence-corrected chi connectivity index (χ1v) is 4.71. The molecule has 8 nitrogen and oxygen atoms in total. The van der Waals surface area contributed by atoms with Crippen LogP contribution < -0.4 is 5.32 Å². The van der Waals surface area contributed by atoms with Gasteiger partial charge in [0.05, 0.1) is 6.61 Å². The second kappa shape index (κ2) is 5.53. The minimum absolute atomic E-state index is 0.482. The average Bonchev–Trinajstić information content (AvgIpc) is 2.23. The van der Waals surface area contributed by atoms with Gasteiger partial charge < -0.3 is 25.4 Å². The van der Waals surface area contributed by atoms with Gasteiger partial charge in [-0.15, -0.1) is 0 Å². The Kier molecular flexibility index (Phi) is 4.59. The van der Waals surface area contributed by atoms with Crippen molar-refractivity contribution in [3.8, 4) is 0 Å². The third kappa shape index (κ3) is 2.67. The summed E-state index contributed by atoms with van der Waals surface area (Å²) < 4.78 is 4.84. The van der Waals surface area contributed by atoms with E-state index in [2.05, 4.69) is 10.2 Å². The van der Waals surface area contributed by atoms with Gasteiger partial charge >= 0.3 is 0 Å². The molecule has 1 fully saturated rings. The molecule has 0 bridgehead atoms. The van der Waals surface area contributed by atoms with Gasteiger partial charge in [-0.2, -0.15) is 0 Å². The van der Waals surface area contributed by atoms with Crippen molar-refractivity contribution in [2.75, 3.05) is 6.61 Å². The lowest BCUT2D eigenvalue weighted by Crippen LogP contribution is -2.64. The summed E-state index contributed by atoms with van der Waals surface area (Å²) in [6.45, 7) is 0.649. The molecule has 1 aliphatic heterocycles. The number of ether oxygens (including phenoxy) is 1. The lowest BCUT2D eigenvalue weighted by Gasteiger charge is -2.40. The summed E-state index contributed by atoms with van der Waals surface area (Å²) in [6.07, 6.45) is -5.21. The van der Waals surface area contributed by atoms with Gasteiger partial charge in [0.15, 0.2) is 6.29 Å². The van der Waals surface area contributed by atoms with Crippen molar-refractivity contribution < 1.29 is 35.0 Å². The number of nitrogens with one attached hydrogen (secondary N) is 1. The Bertz CT molecular complexity index is 249. The van der Waals surface area contributed by atoms with E-state index in [1.807, 2.05) is 0 Å². The molecule has 1 heterocycles. The highest BCUT2D eigenvalue weighted by Crippen LogP contribution is 2.21.